The third kappa shape index (κ3) is 32.1. The van der Waals surface area contributed by atoms with Crippen molar-refractivity contribution >= 4 is 118 Å². The summed E-state index contributed by atoms with van der Waals surface area (Å²) in [6.45, 7) is 0.263. The van der Waals surface area contributed by atoms with E-state index in [1.54, 1.807) is 109 Å². The van der Waals surface area contributed by atoms with Crippen molar-refractivity contribution in [2.24, 2.45) is 22.9 Å². The number of nitrogens with one attached hydrogen (secondary N) is 14. The Bertz CT molecular complexity index is 4260. The number of amides is 14. The van der Waals surface area contributed by atoms with E-state index in [0.29, 0.717) is 57.4 Å². The van der Waals surface area contributed by atoms with Crippen molar-refractivity contribution in [2.75, 3.05) is 45.0 Å². The second-order valence-electron chi connectivity index (χ2n) is 27.4. The van der Waals surface area contributed by atoms with Crippen molar-refractivity contribution in [3.05, 3.63) is 172 Å². The first kappa shape index (κ1) is 92.3. The summed E-state index contributed by atoms with van der Waals surface area (Å²) >= 11 is 10.2. The third-order valence-electron chi connectivity index (χ3n) is 18.2. The van der Waals surface area contributed by atoms with Gasteiger partial charge in [0.25, 0.3) is 0 Å². The Labute approximate surface area is 674 Å². The number of fused-ring (bicyclic) bond motifs is 1. The number of hydrogen-bond donors (Lipinski definition) is 22. The number of carbonyl (C=O) groups excluding carboxylic acids is 14. The van der Waals surface area contributed by atoms with Crippen LogP contribution in [0.1, 0.15) is 80.2 Å². The number of para-hydroxylation sites is 1. The smallest absolute Gasteiger partial charge is 0.245 e. The number of hydrogen-bond acceptors (Lipinski definition) is 21. The minimum atomic E-state index is -1.86. The molecular formula is C78H103ClN18O17S. The Morgan fingerprint density at radius 1 is 0.417 bits per heavy atom. The standard InChI is InChI=1S/C78H103ClN18O17S/c1-44(98)67(77(113)89-41-65(103)87-40-64(102)86-39-63(101)84-32-14-12-20-54(81)70(106)88-42-66(104)90-62(43-115)69(83)105)96-76(112)60(34-47-17-7-4-8-18-47)95-78(114)68(45(2)99)97-72(108)57(22-11-13-31-80)91-75(111)61(37-50-38-85-56-21-10-9-19-53(50)56)94-74(110)59(36-49-25-29-52(100)30-26-49)93-73(109)58(35-48-23-27-51(79)28-24-48)92-71(107)55(82)33-46-15-5-3-6-16-46/h3-10,15-19,21,23-30,38,44-45,54-55,57-62,67-68,85,98-100,115H,11-14,20,22,31-37,39-43,80-82H2,1-2H3,(H2,83,105)(H,84,101)(H,86,102)(H,87,103)(H,88,106)(H,89,113)(H,90,104)(H,91,111)(H,92,107)(H,93,109)(H,94,110)(H,95,114)(H,96,112)(H,97,108)/t44-,45-,54+,55-,57+,58+,59+,60+,61-,62+,67+,68+/m1/s1. The van der Waals surface area contributed by atoms with E-state index in [1.807, 2.05) is 6.07 Å². The molecule has 25 N–H and O–H groups in total. The quantitative estimate of drug-likeness (QED) is 0.0131. The zero-order chi connectivity index (χ0) is 84.1. The second kappa shape index (κ2) is 47.9. The number of thiol groups is 1. The van der Waals surface area contributed by atoms with Crippen LogP contribution in [0, 0.1) is 0 Å². The maximum atomic E-state index is 15.2. The molecule has 0 radical (unpaired) electrons. The number of aliphatic hydroxyl groups excluding tert-OH is 2. The van der Waals surface area contributed by atoms with Crippen molar-refractivity contribution in [3.8, 4) is 5.75 Å². The Hall–Kier alpha value is -11.5. The van der Waals surface area contributed by atoms with Gasteiger partial charge in [-0.1, -0.05) is 115 Å². The average molecular weight is 1630 g/mol. The number of aromatic hydroxyl groups is 1. The van der Waals surface area contributed by atoms with Gasteiger partial charge in [-0.2, -0.15) is 12.6 Å². The molecule has 6 aromatic rings. The molecule has 0 fully saturated rings. The highest BCUT2D eigenvalue weighted by Gasteiger charge is 2.38. The topological polar surface area (TPSA) is 576 Å². The summed E-state index contributed by atoms with van der Waals surface area (Å²) in [5.41, 5.74) is 26.9. The number of phenols is 1. The fourth-order valence-electron chi connectivity index (χ4n) is 11.8. The van der Waals surface area contributed by atoms with Gasteiger partial charge in [0.05, 0.1) is 50.5 Å². The number of aromatic amines is 1. The summed E-state index contributed by atoms with van der Waals surface area (Å²) in [6.07, 6.45) is -0.999. The fourth-order valence-corrected chi connectivity index (χ4v) is 12.1. The lowest BCUT2D eigenvalue weighted by atomic mass is 9.99. The van der Waals surface area contributed by atoms with Gasteiger partial charge in [0.15, 0.2) is 0 Å². The highest BCUT2D eigenvalue weighted by atomic mass is 35.5. The molecule has 37 heteroatoms. The summed E-state index contributed by atoms with van der Waals surface area (Å²) in [7, 11) is 0. The molecule has 0 spiro atoms. The molecule has 6 rings (SSSR count). The maximum absolute atomic E-state index is 15.2. The lowest BCUT2D eigenvalue weighted by Gasteiger charge is -2.29. The molecule has 35 nitrogen and oxygen atoms in total. The van der Waals surface area contributed by atoms with Crippen LogP contribution in [0.3, 0.4) is 0 Å². The molecule has 0 unspecified atom stereocenters. The molecule has 620 valence electrons. The van der Waals surface area contributed by atoms with Crippen LogP contribution in [0.25, 0.3) is 10.9 Å². The van der Waals surface area contributed by atoms with Gasteiger partial charge in [0.1, 0.15) is 54.1 Å². The van der Waals surface area contributed by atoms with Gasteiger partial charge in [-0.25, -0.2) is 0 Å². The monoisotopic (exact) mass is 1630 g/mol. The van der Waals surface area contributed by atoms with E-state index in [9.17, 15) is 72.9 Å². The molecule has 0 aliphatic heterocycles. The number of H-pyrrole nitrogens is 1. The van der Waals surface area contributed by atoms with E-state index in [-0.39, 0.29) is 76.0 Å². The summed E-state index contributed by atoms with van der Waals surface area (Å²) in [5, 5.41) is 66.1. The van der Waals surface area contributed by atoms with Gasteiger partial charge in [0, 0.05) is 60.1 Å². The molecule has 0 aliphatic carbocycles. The summed E-state index contributed by atoms with van der Waals surface area (Å²) in [6, 6.07) is 22.4. The highest BCUT2D eigenvalue weighted by Crippen LogP contribution is 2.21. The van der Waals surface area contributed by atoms with Gasteiger partial charge < -0.3 is 112 Å². The summed E-state index contributed by atoms with van der Waals surface area (Å²) in [5.74, 6) is -12.1. The molecule has 1 aromatic heterocycles. The molecule has 1 heterocycles. The zero-order valence-electron chi connectivity index (χ0n) is 63.6. The molecule has 115 heavy (non-hydrogen) atoms. The maximum Gasteiger partial charge on any atom is 0.245 e. The van der Waals surface area contributed by atoms with E-state index < -0.39 is 182 Å². The molecule has 0 saturated carbocycles. The van der Waals surface area contributed by atoms with Crippen LogP contribution in [-0.2, 0) is 99.2 Å². The number of phenolic OH excluding ortho intramolecular Hbond substituents is 1. The molecule has 0 bridgehead atoms. The van der Waals surface area contributed by atoms with E-state index in [4.69, 9.17) is 34.5 Å². The molecule has 5 aromatic carbocycles. The van der Waals surface area contributed by atoms with Crippen molar-refractivity contribution in [1.29, 1.82) is 0 Å². The fraction of sp³-hybridized carbons (Fsp3) is 0.410. The molecule has 0 aliphatic rings. The van der Waals surface area contributed by atoms with Crippen molar-refractivity contribution in [3.63, 3.8) is 0 Å². The number of benzene rings is 5. The van der Waals surface area contributed by atoms with Crippen LogP contribution in [0.15, 0.2) is 140 Å². The van der Waals surface area contributed by atoms with Crippen LogP contribution in [0.2, 0.25) is 5.02 Å². The summed E-state index contributed by atoms with van der Waals surface area (Å²) < 4.78 is 0. The Balaban J connectivity index is 1.11. The number of carbonyl (C=O) groups is 14. The zero-order valence-corrected chi connectivity index (χ0v) is 65.3. The Morgan fingerprint density at radius 3 is 1.38 bits per heavy atom. The number of halogens is 1. The molecular weight excluding hydrogens is 1530 g/mol. The van der Waals surface area contributed by atoms with Crippen LogP contribution in [-0.4, -0.2) is 221 Å². The first-order valence-electron chi connectivity index (χ1n) is 37.3. The number of primary amides is 1. The lowest BCUT2D eigenvalue weighted by Crippen LogP contribution is -2.62. The minimum Gasteiger partial charge on any atom is -0.508 e. The van der Waals surface area contributed by atoms with Crippen LogP contribution < -0.4 is 92.1 Å². The molecule has 12 atom stereocenters. The van der Waals surface area contributed by atoms with E-state index >= 15 is 9.59 Å². The number of aromatic nitrogens is 1. The number of rotatable bonds is 48. The van der Waals surface area contributed by atoms with E-state index in [1.165, 1.54) is 31.2 Å². The number of unbranched alkanes of at least 4 members (excludes halogenated alkanes) is 2. The van der Waals surface area contributed by atoms with E-state index in [2.05, 4.69) is 86.7 Å². The first-order valence-corrected chi connectivity index (χ1v) is 38.3. The van der Waals surface area contributed by atoms with Gasteiger partial charge in [0.2, 0.25) is 82.7 Å². The molecule has 14 amide bonds. The Morgan fingerprint density at radius 2 is 0.843 bits per heavy atom. The van der Waals surface area contributed by atoms with Crippen molar-refractivity contribution < 1.29 is 82.4 Å². The molecule has 0 saturated heterocycles. The SMILES string of the molecule is C[C@@H](O)[C@H](NC(=O)[C@H](Cc1ccccc1)NC(=O)[C@@H](NC(=O)[C@H](CCCCN)NC(=O)[C@@H](Cc1c[nH]c2ccccc12)NC(=O)[C@H](Cc1ccc(O)cc1)NC(=O)[C@H](Cc1ccc(Cl)cc1)NC(=O)[C@H](N)Cc1ccccc1)[C@@H](C)O)C(=O)NCC(=O)NCC(=O)NCC(=O)NCCCC[C@H](N)C(=O)NCC(=O)N[C@@H](CS)C(N)=O. The first-order chi connectivity index (χ1) is 54.9. The lowest BCUT2D eigenvalue weighted by molar-refractivity contribution is -0.137. The predicted octanol–water partition coefficient (Wildman–Crippen LogP) is -3.37. The predicted molar refractivity (Wildman–Crippen MR) is 429 cm³/mol. The van der Waals surface area contributed by atoms with Crippen LogP contribution >= 0.6 is 24.2 Å². The second-order valence-corrected chi connectivity index (χ2v) is 28.2. The highest BCUT2D eigenvalue weighted by molar-refractivity contribution is 7.80. The van der Waals surface area contributed by atoms with Gasteiger partial charge in [-0.15, -0.1) is 0 Å². The average Bonchev–Trinajstić information content (AvgIpc) is 1.70. The third-order valence-corrected chi connectivity index (χ3v) is 18.8. The van der Waals surface area contributed by atoms with Gasteiger partial charge in [-0.05, 0) is 123 Å². The number of aliphatic hydroxyl groups is 2. The van der Waals surface area contributed by atoms with E-state index in [0.717, 1.165) is 12.5 Å². The normalized spacial score (nSPS) is 14.2. The number of nitrogens with two attached hydrogens (primary N) is 4. The van der Waals surface area contributed by atoms with Crippen LogP contribution in [0.5, 0.6) is 5.75 Å². The summed E-state index contributed by atoms with van der Waals surface area (Å²) in [4.78, 5) is 193. The van der Waals surface area contributed by atoms with Crippen LogP contribution in [0.4, 0.5) is 0 Å². The largest absolute Gasteiger partial charge is 0.508 e. The van der Waals surface area contributed by atoms with Crippen molar-refractivity contribution in [2.45, 2.75) is 157 Å². The van der Waals surface area contributed by atoms with Crippen molar-refractivity contribution in [1.82, 2.24) is 74.1 Å². The minimum absolute atomic E-state index is 0.0404. The van der Waals surface area contributed by atoms with Gasteiger partial charge >= 0.3 is 0 Å². The van der Waals surface area contributed by atoms with Gasteiger partial charge in [-0.3, -0.25) is 67.1 Å². The Kier molecular flexibility index (Phi) is 38.4.